The Balaban J connectivity index is 2.18. The highest BCUT2D eigenvalue weighted by Crippen LogP contribution is 2.39. The van der Waals surface area contributed by atoms with Crippen LogP contribution in [-0.4, -0.2) is 10.1 Å². The number of alkyl halides is 3. The molecule has 1 unspecified atom stereocenters. The van der Waals surface area contributed by atoms with E-state index < -0.39 is 17.8 Å². The van der Waals surface area contributed by atoms with Gasteiger partial charge in [0.1, 0.15) is 0 Å². The Bertz CT molecular complexity index is 388. The maximum absolute atomic E-state index is 12.7. The lowest BCUT2D eigenvalue weighted by atomic mass is 9.80. The van der Waals surface area contributed by atoms with Crippen molar-refractivity contribution in [1.82, 2.24) is 4.98 Å². The number of aromatic nitrogens is 1. The van der Waals surface area contributed by atoms with Crippen molar-refractivity contribution in [2.75, 3.05) is 0 Å². The zero-order valence-electron chi connectivity index (χ0n) is 9.24. The summed E-state index contributed by atoms with van der Waals surface area (Å²) in [5.74, 6) is 0.353. The number of aliphatic hydroxyl groups is 1. The van der Waals surface area contributed by atoms with Crippen molar-refractivity contribution in [3.63, 3.8) is 0 Å². The molecule has 0 aliphatic heterocycles. The molecule has 0 radical (unpaired) electrons. The van der Waals surface area contributed by atoms with E-state index >= 15 is 0 Å². The summed E-state index contributed by atoms with van der Waals surface area (Å²) >= 11 is 0. The fraction of sp³-hybridized carbons (Fsp3) is 0.583. The van der Waals surface area contributed by atoms with Gasteiger partial charge < -0.3 is 5.11 Å². The van der Waals surface area contributed by atoms with Crippen LogP contribution < -0.4 is 0 Å². The summed E-state index contributed by atoms with van der Waals surface area (Å²) in [5, 5.41) is 9.86. The third kappa shape index (κ3) is 2.77. The molecule has 0 spiro atoms. The number of pyridine rings is 1. The lowest BCUT2D eigenvalue weighted by molar-refractivity contribution is -0.139. The second-order valence-corrected chi connectivity index (χ2v) is 4.51. The van der Waals surface area contributed by atoms with Crippen molar-refractivity contribution in [3.8, 4) is 0 Å². The number of hydrogen-bond donors (Lipinski definition) is 1. The average molecular weight is 245 g/mol. The molecule has 94 valence electrons. The molecule has 1 aliphatic rings. The van der Waals surface area contributed by atoms with E-state index in [2.05, 4.69) is 4.98 Å². The highest BCUT2D eigenvalue weighted by Gasteiger charge is 2.35. The molecule has 0 aromatic carbocycles. The van der Waals surface area contributed by atoms with E-state index in [-0.39, 0.29) is 5.56 Å². The number of hydrogen-bond acceptors (Lipinski definition) is 2. The first-order valence-electron chi connectivity index (χ1n) is 5.67. The van der Waals surface area contributed by atoms with Crippen LogP contribution in [0, 0.1) is 5.92 Å². The molecule has 17 heavy (non-hydrogen) atoms. The molecular weight excluding hydrogens is 231 g/mol. The Labute approximate surface area is 97.5 Å². The van der Waals surface area contributed by atoms with Gasteiger partial charge in [-0.05, 0) is 18.4 Å². The predicted molar refractivity (Wildman–Crippen MR) is 56.2 cm³/mol. The quantitative estimate of drug-likeness (QED) is 0.886. The first-order valence-corrected chi connectivity index (χ1v) is 5.67. The number of nitrogens with zero attached hydrogens (tertiary/aromatic N) is 1. The van der Waals surface area contributed by atoms with E-state index in [1.165, 1.54) is 0 Å². The van der Waals surface area contributed by atoms with Gasteiger partial charge in [0.25, 0.3) is 0 Å². The molecule has 2 nitrogen and oxygen atoms in total. The molecule has 1 aliphatic carbocycles. The minimum Gasteiger partial charge on any atom is -0.388 e. The zero-order chi connectivity index (χ0) is 12.5. The van der Waals surface area contributed by atoms with Gasteiger partial charge in [-0.2, -0.15) is 13.2 Å². The molecule has 1 aromatic heterocycles. The molecule has 1 aromatic rings. The highest BCUT2D eigenvalue weighted by molar-refractivity contribution is 5.28. The van der Waals surface area contributed by atoms with Gasteiger partial charge in [0, 0.05) is 18.0 Å². The SMILES string of the molecule is OC(CC1CCC1)c1cnccc1C(F)(F)F. The summed E-state index contributed by atoms with van der Waals surface area (Å²) in [4.78, 5) is 3.67. The summed E-state index contributed by atoms with van der Waals surface area (Å²) < 4.78 is 38.1. The van der Waals surface area contributed by atoms with E-state index in [4.69, 9.17) is 0 Å². The fourth-order valence-electron chi connectivity index (χ4n) is 2.10. The Hall–Kier alpha value is -1.10. The van der Waals surface area contributed by atoms with Crippen LogP contribution >= 0.6 is 0 Å². The van der Waals surface area contributed by atoms with E-state index in [9.17, 15) is 18.3 Å². The molecule has 0 amide bonds. The molecule has 5 heteroatoms. The lowest BCUT2D eigenvalue weighted by Crippen LogP contribution is -2.18. The van der Waals surface area contributed by atoms with Crippen LogP contribution in [0.3, 0.4) is 0 Å². The molecule has 0 saturated heterocycles. The summed E-state index contributed by atoms with van der Waals surface area (Å²) in [7, 11) is 0. The third-order valence-corrected chi connectivity index (χ3v) is 3.30. The van der Waals surface area contributed by atoms with Gasteiger partial charge in [0.2, 0.25) is 0 Å². The van der Waals surface area contributed by atoms with Crippen LogP contribution in [-0.2, 0) is 6.18 Å². The molecule has 1 N–H and O–H groups in total. The van der Waals surface area contributed by atoms with Gasteiger partial charge in [-0.1, -0.05) is 19.3 Å². The average Bonchev–Trinajstić information content (AvgIpc) is 2.22. The Morgan fingerprint density at radius 2 is 2.12 bits per heavy atom. The lowest BCUT2D eigenvalue weighted by Gasteiger charge is -2.28. The highest BCUT2D eigenvalue weighted by atomic mass is 19.4. The first-order chi connectivity index (χ1) is 7.98. The van der Waals surface area contributed by atoms with Gasteiger partial charge in [0.05, 0.1) is 11.7 Å². The van der Waals surface area contributed by atoms with E-state index in [0.29, 0.717) is 12.3 Å². The van der Waals surface area contributed by atoms with Crippen molar-refractivity contribution in [2.24, 2.45) is 5.92 Å². The normalized spacial score (nSPS) is 18.8. The minimum atomic E-state index is -4.43. The standard InChI is InChI=1S/C12H14F3NO/c13-12(14,15)10-4-5-16-7-9(10)11(17)6-8-2-1-3-8/h4-5,7-8,11,17H,1-3,6H2. The summed E-state index contributed by atoms with van der Waals surface area (Å²) in [5.41, 5.74) is -0.883. The van der Waals surface area contributed by atoms with Crippen LogP contribution in [0.5, 0.6) is 0 Å². The van der Waals surface area contributed by atoms with Crippen molar-refractivity contribution in [1.29, 1.82) is 0 Å². The molecular formula is C12H14F3NO. The van der Waals surface area contributed by atoms with Crippen LogP contribution in [0.2, 0.25) is 0 Å². The van der Waals surface area contributed by atoms with Gasteiger partial charge in [-0.3, -0.25) is 4.98 Å². The third-order valence-electron chi connectivity index (χ3n) is 3.30. The van der Waals surface area contributed by atoms with Crippen molar-refractivity contribution in [2.45, 2.75) is 38.0 Å². The van der Waals surface area contributed by atoms with E-state index in [0.717, 1.165) is 37.7 Å². The summed E-state index contributed by atoms with van der Waals surface area (Å²) in [6.07, 6.45) is 0.224. The number of aliphatic hydroxyl groups excluding tert-OH is 1. The van der Waals surface area contributed by atoms with Gasteiger partial charge in [0.15, 0.2) is 0 Å². The maximum Gasteiger partial charge on any atom is 0.416 e. The molecule has 1 saturated carbocycles. The summed E-state index contributed by atoms with van der Waals surface area (Å²) in [6, 6.07) is 0.916. The van der Waals surface area contributed by atoms with Gasteiger partial charge in [-0.15, -0.1) is 0 Å². The van der Waals surface area contributed by atoms with Gasteiger partial charge in [-0.25, -0.2) is 0 Å². The zero-order valence-corrected chi connectivity index (χ0v) is 9.24. The first kappa shape index (κ1) is 12.4. The Kier molecular flexibility index (Phi) is 3.38. The van der Waals surface area contributed by atoms with Crippen LogP contribution in [0.1, 0.15) is 42.9 Å². The topological polar surface area (TPSA) is 33.1 Å². The second kappa shape index (κ2) is 4.64. The second-order valence-electron chi connectivity index (χ2n) is 4.51. The molecule has 2 rings (SSSR count). The van der Waals surface area contributed by atoms with Crippen LogP contribution in [0.25, 0.3) is 0 Å². The maximum atomic E-state index is 12.7. The minimum absolute atomic E-state index is 0.105. The Morgan fingerprint density at radius 3 is 2.65 bits per heavy atom. The predicted octanol–water partition coefficient (Wildman–Crippen LogP) is 3.32. The largest absolute Gasteiger partial charge is 0.416 e. The van der Waals surface area contributed by atoms with E-state index in [1.54, 1.807) is 0 Å². The smallest absolute Gasteiger partial charge is 0.388 e. The van der Waals surface area contributed by atoms with Crippen LogP contribution in [0.15, 0.2) is 18.5 Å². The van der Waals surface area contributed by atoms with Crippen LogP contribution in [0.4, 0.5) is 13.2 Å². The monoisotopic (exact) mass is 245 g/mol. The number of halogens is 3. The van der Waals surface area contributed by atoms with Crippen molar-refractivity contribution in [3.05, 3.63) is 29.6 Å². The van der Waals surface area contributed by atoms with E-state index in [1.807, 2.05) is 0 Å². The summed E-state index contributed by atoms with van der Waals surface area (Å²) in [6.45, 7) is 0. The molecule has 1 fully saturated rings. The van der Waals surface area contributed by atoms with Crippen molar-refractivity contribution >= 4 is 0 Å². The van der Waals surface area contributed by atoms with Crippen molar-refractivity contribution < 1.29 is 18.3 Å². The molecule has 0 bridgehead atoms. The fourth-order valence-corrected chi connectivity index (χ4v) is 2.10. The Morgan fingerprint density at radius 1 is 1.41 bits per heavy atom. The van der Waals surface area contributed by atoms with Gasteiger partial charge >= 0.3 is 6.18 Å². The molecule has 1 heterocycles. The molecule has 1 atom stereocenters. The number of rotatable bonds is 3.